The zero-order valence-corrected chi connectivity index (χ0v) is 33.6. The number of aldehydes is 1. The van der Waals surface area contributed by atoms with Crippen LogP contribution in [0.1, 0.15) is 130 Å². The van der Waals surface area contributed by atoms with Crippen molar-refractivity contribution >= 4 is 17.6 Å². The molecule has 1 aliphatic heterocycles. The maximum atomic E-state index is 10.3. The minimum Gasteiger partial charge on any atom is -0.497 e. The maximum absolute atomic E-state index is 10.3. The Morgan fingerprint density at radius 1 is 0.941 bits per heavy atom. The minimum absolute atomic E-state index is 0.334. The lowest BCUT2D eigenvalue weighted by Crippen LogP contribution is -2.67. The Kier molecular flexibility index (Phi) is 9.69. The van der Waals surface area contributed by atoms with Crippen molar-refractivity contribution in [2.75, 3.05) is 27.2 Å². The molecule has 8 rings (SSSR count). The monoisotopic (exact) mass is 695 g/mol. The zero-order valence-electron chi connectivity index (χ0n) is 33.6. The molecule has 1 heterocycles. The van der Waals surface area contributed by atoms with Gasteiger partial charge in [-0.05, 0) is 167 Å². The fraction of sp³-hybridized carbons (Fsp3) is 0.723. The zero-order chi connectivity index (χ0) is 36.6. The first-order chi connectivity index (χ1) is 24.2. The van der Waals surface area contributed by atoms with E-state index in [0.717, 1.165) is 53.7 Å². The van der Waals surface area contributed by atoms with Crippen LogP contribution < -0.4 is 5.32 Å². The van der Waals surface area contributed by atoms with E-state index in [-0.39, 0.29) is 0 Å². The standard InChI is InChI=1S/C38H55NO.C9H15NO/c1-24(2)29-17-21-38(39-8)23-22-36(6)32(34(29)38)14-15-33-35(5)19-16-30(25(3)31(35)18-20-37(33,36)7)28-12-10-27(11-13-28)26(4)40-9;1-9-3-2-8(6-9)7-10(9)4-5-11/h10-13,16,25,29,31-34,39H,1,4,14-15,17-23H2,2-3,5-9H3;5,8H,2-4,6-7H2,1H3/t25?,29-,31?,32?,33?,34?,35?,36+,37?,38?;/m0./s1. The van der Waals surface area contributed by atoms with Gasteiger partial charge in [0.2, 0.25) is 0 Å². The van der Waals surface area contributed by atoms with Crippen LogP contribution in [0.25, 0.3) is 11.3 Å². The summed E-state index contributed by atoms with van der Waals surface area (Å²) in [6, 6.07) is 8.94. The van der Waals surface area contributed by atoms with Crippen molar-refractivity contribution < 1.29 is 9.53 Å². The average molecular weight is 695 g/mol. The molecule has 51 heavy (non-hydrogen) atoms. The molecule has 6 fully saturated rings. The molecule has 1 saturated heterocycles. The number of piperidine rings is 1. The predicted octanol–water partition coefficient (Wildman–Crippen LogP) is 10.6. The number of nitrogens with one attached hydrogen (secondary N) is 1. The average Bonchev–Trinajstić information content (AvgIpc) is 3.79. The number of fused-ring (bicyclic) bond motifs is 9. The molecule has 0 aromatic heterocycles. The number of ether oxygens (including phenoxy) is 1. The molecule has 280 valence electrons. The molecule has 0 amide bonds. The first kappa shape index (κ1) is 37.2. The Bertz CT molecular complexity index is 1550. The molecule has 1 N–H and O–H groups in total. The second-order valence-electron chi connectivity index (χ2n) is 19.7. The summed E-state index contributed by atoms with van der Waals surface area (Å²) in [5.74, 6) is 6.04. The van der Waals surface area contributed by atoms with Gasteiger partial charge in [-0.25, -0.2) is 0 Å². The number of carbonyl (C=O) groups is 1. The highest BCUT2D eigenvalue weighted by atomic mass is 16.5. The smallest absolute Gasteiger partial charge is 0.133 e. The van der Waals surface area contributed by atoms with Gasteiger partial charge in [0.05, 0.1) is 13.7 Å². The normalized spacial score (nSPS) is 45.3. The van der Waals surface area contributed by atoms with Crippen LogP contribution in [0.5, 0.6) is 0 Å². The van der Waals surface area contributed by atoms with Crippen molar-refractivity contribution in [3.63, 3.8) is 0 Å². The Balaban J connectivity index is 0.000000313. The topological polar surface area (TPSA) is 41.6 Å². The van der Waals surface area contributed by atoms with E-state index in [1.807, 2.05) is 0 Å². The molecule has 2 bridgehead atoms. The minimum atomic E-state index is 0.334. The molecule has 12 atom stereocenters. The van der Waals surface area contributed by atoms with E-state index in [2.05, 4.69) is 102 Å². The van der Waals surface area contributed by atoms with Gasteiger partial charge in [0.1, 0.15) is 12.0 Å². The van der Waals surface area contributed by atoms with Gasteiger partial charge < -0.3 is 14.8 Å². The molecule has 0 radical (unpaired) electrons. The van der Waals surface area contributed by atoms with E-state index in [1.54, 1.807) is 12.7 Å². The van der Waals surface area contributed by atoms with Crippen LogP contribution in [0, 0.1) is 57.7 Å². The van der Waals surface area contributed by atoms with Crippen LogP contribution >= 0.6 is 0 Å². The van der Waals surface area contributed by atoms with Crippen molar-refractivity contribution in [3.8, 4) is 0 Å². The van der Waals surface area contributed by atoms with Crippen LogP contribution in [-0.2, 0) is 9.53 Å². The van der Waals surface area contributed by atoms with Crippen molar-refractivity contribution in [3.05, 3.63) is 60.2 Å². The van der Waals surface area contributed by atoms with Crippen LogP contribution in [0.15, 0.2) is 49.1 Å². The van der Waals surface area contributed by atoms with E-state index < -0.39 is 0 Å². The summed E-state index contributed by atoms with van der Waals surface area (Å²) >= 11 is 0. The molecule has 10 unspecified atom stereocenters. The molecule has 0 spiro atoms. The number of nitrogens with zero attached hydrogens (tertiary/aromatic N) is 1. The lowest BCUT2D eigenvalue weighted by molar-refractivity contribution is -0.213. The van der Waals surface area contributed by atoms with Gasteiger partial charge in [0.15, 0.2) is 0 Å². The summed E-state index contributed by atoms with van der Waals surface area (Å²) in [6.07, 6.45) is 19.9. The van der Waals surface area contributed by atoms with Gasteiger partial charge in [-0.15, -0.1) is 0 Å². The highest BCUT2D eigenvalue weighted by molar-refractivity contribution is 5.70. The summed E-state index contributed by atoms with van der Waals surface area (Å²) in [5.41, 5.74) is 7.38. The number of methoxy groups -OCH3 is 1. The molecular weight excluding hydrogens is 625 g/mol. The van der Waals surface area contributed by atoms with E-state index in [9.17, 15) is 4.79 Å². The number of carbonyl (C=O) groups excluding carboxylic acids is 1. The van der Waals surface area contributed by atoms with Crippen molar-refractivity contribution in [1.82, 2.24) is 10.2 Å². The first-order valence-electron chi connectivity index (χ1n) is 20.8. The van der Waals surface area contributed by atoms with E-state index in [0.29, 0.717) is 45.7 Å². The molecular formula is C47H70N2O2. The largest absolute Gasteiger partial charge is 0.497 e. The number of rotatable bonds is 7. The van der Waals surface area contributed by atoms with Gasteiger partial charge >= 0.3 is 0 Å². The molecule has 5 saturated carbocycles. The highest BCUT2D eigenvalue weighted by Gasteiger charge is 2.69. The Labute approximate surface area is 311 Å². The number of hydrogen-bond acceptors (Lipinski definition) is 4. The highest BCUT2D eigenvalue weighted by Crippen LogP contribution is 2.75. The van der Waals surface area contributed by atoms with Gasteiger partial charge in [-0.3, -0.25) is 4.90 Å². The van der Waals surface area contributed by atoms with Crippen molar-refractivity contribution in [1.29, 1.82) is 0 Å². The Hall–Kier alpha value is -2.17. The van der Waals surface area contributed by atoms with Crippen LogP contribution in [0.3, 0.4) is 0 Å². The molecule has 6 aliphatic carbocycles. The summed E-state index contributed by atoms with van der Waals surface area (Å²) in [6.45, 7) is 25.7. The van der Waals surface area contributed by atoms with E-state index in [4.69, 9.17) is 4.74 Å². The van der Waals surface area contributed by atoms with Crippen molar-refractivity contribution in [2.45, 2.75) is 130 Å². The van der Waals surface area contributed by atoms with E-state index >= 15 is 0 Å². The van der Waals surface area contributed by atoms with Crippen LogP contribution in [-0.4, -0.2) is 49.5 Å². The molecule has 1 aromatic carbocycles. The van der Waals surface area contributed by atoms with Gasteiger partial charge in [0, 0.05) is 23.2 Å². The first-order valence-corrected chi connectivity index (χ1v) is 20.8. The van der Waals surface area contributed by atoms with E-state index in [1.165, 1.54) is 88.2 Å². The molecule has 4 nitrogen and oxygen atoms in total. The summed E-state index contributed by atoms with van der Waals surface area (Å²) < 4.78 is 5.37. The number of allylic oxidation sites excluding steroid dienone is 3. The van der Waals surface area contributed by atoms with Gasteiger partial charge in [-0.2, -0.15) is 0 Å². The lowest BCUT2D eigenvalue weighted by atomic mass is 9.33. The predicted molar refractivity (Wildman–Crippen MR) is 213 cm³/mol. The summed E-state index contributed by atoms with van der Waals surface area (Å²) in [5, 5.41) is 3.93. The fourth-order valence-electron chi connectivity index (χ4n) is 14.9. The molecule has 4 heteroatoms. The number of likely N-dealkylation sites (tertiary alicyclic amines) is 1. The summed E-state index contributed by atoms with van der Waals surface area (Å²) in [7, 11) is 3.95. The summed E-state index contributed by atoms with van der Waals surface area (Å²) in [4.78, 5) is 12.7. The maximum Gasteiger partial charge on any atom is 0.133 e. The molecule has 1 aromatic rings. The van der Waals surface area contributed by atoms with Gasteiger partial charge in [0.25, 0.3) is 0 Å². The van der Waals surface area contributed by atoms with Crippen LogP contribution in [0.4, 0.5) is 0 Å². The third kappa shape index (κ3) is 5.61. The third-order valence-corrected chi connectivity index (χ3v) is 17.9. The van der Waals surface area contributed by atoms with Crippen molar-refractivity contribution in [2.24, 2.45) is 57.7 Å². The molecule has 7 aliphatic rings. The quantitative estimate of drug-likeness (QED) is 0.175. The van der Waals surface area contributed by atoms with Gasteiger partial charge in [-0.1, -0.05) is 76.8 Å². The second-order valence-corrected chi connectivity index (χ2v) is 19.7. The number of hydrogen-bond donors (Lipinski definition) is 1. The number of benzene rings is 1. The fourth-order valence-corrected chi connectivity index (χ4v) is 14.9. The Morgan fingerprint density at radius 3 is 2.29 bits per heavy atom. The Morgan fingerprint density at radius 2 is 1.69 bits per heavy atom. The lowest BCUT2D eigenvalue weighted by Gasteiger charge is -2.71. The van der Waals surface area contributed by atoms with Crippen LogP contribution in [0.2, 0.25) is 0 Å². The third-order valence-electron chi connectivity index (χ3n) is 17.9. The second kappa shape index (κ2) is 13.3. The SMILES string of the molecule is C=C(OC)c1ccc(C2=CCC3(C)C(CCC4(C)C3CCC3C5[C@H](C(=C)C)CCC5(NC)CC[C@]34C)C2C)cc1.CC12CCC(CN1CC=O)C2.